The molecule has 4 rings (SSSR count). The van der Waals surface area contributed by atoms with Crippen LogP contribution in [0.5, 0.6) is 5.75 Å². The van der Waals surface area contributed by atoms with Gasteiger partial charge in [-0.2, -0.15) is 0 Å². The maximum atomic E-state index is 15.0. The van der Waals surface area contributed by atoms with Crippen LogP contribution in [0.2, 0.25) is 0 Å². The molecule has 2 aromatic rings. The topological polar surface area (TPSA) is 111 Å². The van der Waals surface area contributed by atoms with Gasteiger partial charge in [0.2, 0.25) is 5.43 Å². The van der Waals surface area contributed by atoms with Crippen LogP contribution in [-0.2, 0) is 5.54 Å². The summed E-state index contributed by atoms with van der Waals surface area (Å²) in [6.07, 6.45) is 0.605. The van der Waals surface area contributed by atoms with Crippen molar-refractivity contribution in [1.82, 2.24) is 9.55 Å². The molecule has 1 aliphatic heterocycles. The monoisotopic (exact) mass is 404 g/mol. The van der Waals surface area contributed by atoms with Gasteiger partial charge in [-0.3, -0.25) is 4.79 Å². The lowest BCUT2D eigenvalue weighted by Gasteiger charge is -2.46. The SMILES string of the molecule is CC(C)(C)n1cc(OC(=O)O)c(=O)c2cc(F)c(N3C[C@H]4[C@@H](N)C[C@]4(C)C3)nc21. The van der Waals surface area contributed by atoms with E-state index in [9.17, 15) is 9.59 Å². The molecule has 1 saturated carbocycles. The third-order valence-electron chi connectivity index (χ3n) is 6.18. The molecule has 1 aliphatic carbocycles. The summed E-state index contributed by atoms with van der Waals surface area (Å²) >= 11 is 0. The van der Waals surface area contributed by atoms with E-state index in [1.165, 1.54) is 6.20 Å². The zero-order chi connectivity index (χ0) is 21.3. The maximum absolute atomic E-state index is 15.0. The minimum atomic E-state index is -1.61. The van der Waals surface area contributed by atoms with E-state index in [4.69, 9.17) is 10.8 Å². The van der Waals surface area contributed by atoms with E-state index in [0.717, 1.165) is 12.5 Å². The van der Waals surface area contributed by atoms with Gasteiger partial charge in [-0.15, -0.1) is 0 Å². The Morgan fingerprint density at radius 2 is 2.14 bits per heavy atom. The van der Waals surface area contributed by atoms with Gasteiger partial charge in [0.15, 0.2) is 17.4 Å². The Morgan fingerprint density at radius 1 is 1.45 bits per heavy atom. The van der Waals surface area contributed by atoms with Gasteiger partial charge in [-0.25, -0.2) is 14.2 Å². The van der Waals surface area contributed by atoms with E-state index in [-0.39, 0.29) is 40.0 Å². The van der Waals surface area contributed by atoms with Crippen molar-refractivity contribution >= 4 is 23.0 Å². The first-order valence-electron chi connectivity index (χ1n) is 9.58. The van der Waals surface area contributed by atoms with E-state index in [2.05, 4.69) is 16.6 Å². The van der Waals surface area contributed by atoms with Gasteiger partial charge in [0.1, 0.15) is 5.65 Å². The Balaban J connectivity index is 1.89. The van der Waals surface area contributed by atoms with Gasteiger partial charge in [-0.05, 0) is 44.6 Å². The quantitative estimate of drug-likeness (QED) is 0.740. The van der Waals surface area contributed by atoms with Crippen LogP contribution in [0.4, 0.5) is 15.0 Å². The summed E-state index contributed by atoms with van der Waals surface area (Å²) in [4.78, 5) is 30.1. The minimum Gasteiger partial charge on any atom is -0.449 e. The summed E-state index contributed by atoms with van der Waals surface area (Å²) in [5.74, 6) is -0.534. The third kappa shape index (κ3) is 3.04. The van der Waals surface area contributed by atoms with Crippen molar-refractivity contribution < 1.29 is 19.0 Å². The molecule has 0 unspecified atom stereocenters. The van der Waals surface area contributed by atoms with E-state index < -0.39 is 22.9 Å². The molecule has 0 aromatic carbocycles. The van der Waals surface area contributed by atoms with Gasteiger partial charge in [0, 0.05) is 24.7 Å². The number of ether oxygens (including phenoxy) is 1. The predicted octanol–water partition coefficient (Wildman–Crippen LogP) is 2.52. The third-order valence-corrected chi connectivity index (χ3v) is 6.18. The molecule has 29 heavy (non-hydrogen) atoms. The molecule has 0 bridgehead atoms. The lowest BCUT2D eigenvalue weighted by atomic mass is 9.60. The lowest BCUT2D eigenvalue weighted by molar-refractivity contribution is 0.0771. The number of pyridine rings is 2. The number of carboxylic acid groups (broad SMARTS) is 1. The highest BCUT2D eigenvalue weighted by atomic mass is 19.1. The first kappa shape index (κ1) is 19.6. The van der Waals surface area contributed by atoms with E-state index in [1.54, 1.807) is 4.57 Å². The van der Waals surface area contributed by atoms with Crippen LogP contribution in [0.25, 0.3) is 11.0 Å². The van der Waals surface area contributed by atoms with Crippen molar-refractivity contribution in [1.29, 1.82) is 0 Å². The van der Waals surface area contributed by atoms with Crippen molar-refractivity contribution in [2.24, 2.45) is 17.1 Å². The van der Waals surface area contributed by atoms with Crippen LogP contribution in [0.3, 0.4) is 0 Å². The normalized spacial score (nSPS) is 26.3. The van der Waals surface area contributed by atoms with Crippen molar-refractivity contribution in [3.05, 3.63) is 28.3 Å². The molecule has 2 aliphatic rings. The summed E-state index contributed by atoms with van der Waals surface area (Å²) in [5.41, 5.74) is 5.19. The number of hydrogen-bond donors (Lipinski definition) is 2. The zero-order valence-electron chi connectivity index (χ0n) is 16.9. The van der Waals surface area contributed by atoms with Gasteiger partial charge in [0.25, 0.3) is 0 Å². The number of hydrogen-bond acceptors (Lipinski definition) is 6. The van der Waals surface area contributed by atoms with Gasteiger partial charge in [0.05, 0.1) is 11.6 Å². The Labute approximate surface area is 167 Å². The van der Waals surface area contributed by atoms with E-state index in [0.29, 0.717) is 13.1 Å². The molecule has 1 saturated heterocycles. The Morgan fingerprint density at radius 3 is 2.69 bits per heavy atom. The second kappa shape index (κ2) is 6.16. The molecule has 9 heteroatoms. The number of halogens is 1. The van der Waals surface area contributed by atoms with Crippen LogP contribution >= 0.6 is 0 Å². The number of carbonyl (C=O) groups is 1. The molecule has 156 valence electrons. The van der Waals surface area contributed by atoms with E-state index >= 15 is 4.39 Å². The molecule has 0 spiro atoms. The molecule has 3 atom stereocenters. The lowest BCUT2D eigenvalue weighted by Crippen LogP contribution is -2.53. The average molecular weight is 404 g/mol. The molecule has 2 fully saturated rings. The van der Waals surface area contributed by atoms with Crippen molar-refractivity contribution in [3.8, 4) is 5.75 Å². The number of nitrogens with two attached hydrogens (primary N) is 1. The van der Waals surface area contributed by atoms with Crippen LogP contribution in [0.15, 0.2) is 17.1 Å². The number of aromatic nitrogens is 2. The van der Waals surface area contributed by atoms with E-state index in [1.807, 2.05) is 25.7 Å². The van der Waals surface area contributed by atoms with Crippen molar-refractivity contribution in [2.75, 3.05) is 18.0 Å². The van der Waals surface area contributed by atoms with Crippen LogP contribution in [0, 0.1) is 17.2 Å². The highest BCUT2D eigenvalue weighted by molar-refractivity contribution is 5.80. The second-order valence-corrected chi connectivity index (χ2v) is 9.41. The number of anilines is 1. The molecular weight excluding hydrogens is 379 g/mol. The molecule has 3 N–H and O–H groups in total. The molecule has 3 heterocycles. The van der Waals surface area contributed by atoms with Gasteiger partial charge in [-0.1, -0.05) is 6.92 Å². The molecule has 0 amide bonds. The second-order valence-electron chi connectivity index (χ2n) is 9.41. The largest absolute Gasteiger partial charge is 0.511 e. The number of fused-ring (bicyclic) bond motifs is 2. The highest BCUT2D eigenvalue weighted by Gasteiger charge is 2.55. The highest BCUT2D eigenvalue weighted by Crippen LogP contribution is 2.51. The number of rotatable bonds is 2. The molecule has 2 aromatic heterocycles. The fraction of sp³-hybridized carbons (Fsp3) is 0.550. The summed E-state index contributed by atoms with van der Waals surface area (Å²) in [6, 6.07) is 1.23. The van der Waals surface area contributed by atoms with Crippen LogP contribution < -0.4 is 20.8 Å². The Bertz CT molecular complexity index is 1080. The van der Waals surface area contributed by atoms with Crippen LogP contribution in [0.1, 0.15) is 34.1 Å². The molecular formula is C20H25FN4O4. The average Bonchev–Trinajstić information content (AvgIpc) is 2.86. The van der Waals surface area contributed by atoms with Crippen molar-refractivity contribution in [2.45, 2.75) is 45.7 Å². The fourth-order valence-electron chi connectivity index (χ4n) is 4.72. The van der Waals surface area contributed by atoms with Crippen LogP contribution in [-0.4, -0.2) is 39.9 Å². The predicted molar refractivity (Wildman–Crippen MR) is 106 cm³/mol. The first-order chi connectivity index (χ1) is 13.4. The Hall–Kier alpha value is -2.68. The standard InChI is InChI=1S/C20H25FN4O4/c1-19(2,3)25-8-14(29-18(27)28)15(26)10-5-12(21)17(23-16(10)25)24-7-11-13(22)6-20(11,4)9-24/h5,8,11,13H,6-7,9,22H2,1-4H3,(H,27,28)/t11-,13-,20+/m0/s1. The van der Waals surface area contributed by atoms with Gasteiger partial charge >= 0.3 is 6.16 Å². The number of nitrogens with zero attached hydrogens (tertiary/aromatic N) is 3. The Kier molecular flexibility index (Phi) is 4.17. The summed E-state index contributed by atoms with van der Waals surface area (Å²) in [7, 11) is 0. The molecule has 8 nitrogen and oxygen atoms in total. The first-order valence-corrected chi connectivity index (χ1v) is 9.58. The smallest absolute Gasteiger partial charge is 0.449 e. The zero-order valence-corrected chi connectivity index (χ0v) is 16.9. The van der Waals surface area contributed by atoms with Gasteiger partial charge < -0.3 is 25.0 Å². The van der Waals surface area contributed by atoms with Crippen molar-refractivity contribution in [3.63, 3.8) is 0 Å². The maximum Gasteiger partial charge on any atom is 0.511 e. The fourth-order valence-corrected chi connectivity index (χ4v) is 4.72. The minimum absolute atomic E-state index is 0.0231. The summed E-state index contributed by atoms with van der Waals surface area (Å²) < 4.78 is 21.3. The molecule has 0 radical (unpaired) electrons. The summed E-state index contributed by atoms with van der Waals surface area (Å²) in [6.45, 7) is 9.06. The summed E-state index contributed by atoms with van der Waals surface area (Å²) in [5, 5.41) is 8.90.